The second-order valence-corrected chi connectivity index (χ2v) is 7.32. The van der Waals surface area contributed by atoms with E-state index in [1.54, 1.807) is 0 Å². The third-order valence-electron chi connectivity index (χ3n) is 3.11. The minimum Gasteiger partial charge on any atom is -0.352 e. The molecule has 0 radical (unpaired) electrons. The van der Waals surface area contributed by atoms with E-state index in [1.165, 1.54) is 23.0 Å². The summed E-state index contributed by atoms with van der Waals surface area (Å²) in [6.45, 7) is 2.12. The van der Waals surface area contributed by atoms with Crippen LogP contribution >= 0.6 is 15.9 Å². The van der Waals surface area contributed by atoms with Gasteiger partial charge in [0.05, 0.1) is 0 Å². The Hall–Kier alpha value is -1.00. The summed E-state index contributed by atoms with van der Waals surface area (Å²) < 4.78 is 28.0. The average molecular weight is 366 g/mol. The number of aromatic nitrogens is 3. The summed E-state index contributed by atoms with van der Waals surface area (Å²) in [4.78, 5) is 11.1. The molecule has 112 valence electrons. The first-order valence-electron chi connectivity index (χ1n) is 6.15. The predicted octanol–water partition coefficient (Wildman–Crippen LogP) is -0.133. The number of nitrogens with zero attached hydrogens (tertiary/aromatic N) is 4. The van der Waals surface area contributed by atoms with Crippen molar-refractivity contribution >= 4 is 31.9 Å². The number of hydrogen-bond acceptors (Lipinski definition) is 5. The number of carbonyl (C=O) groups excluding carboxylic acids is 1. The number of carbonyl (C=O) groups is 1. The molecule has 1 aromatic heterocycles. The van der Waals surface area contributed by atoms with Crippen LogP contribution in [0.4, 0.5) is 0 Å². The van der Waals surface area contributed by atoms with E-state index in [2.05, 4.69) is 31.6 Å². The van der Waals surface area contributed by atoms with Crippen LogP contribution in [0.5, 0.6) is 0 Å². The zero-order valence-electron chi connectivity index (χ0n) is 11.2. The normalized spacial score (nSPS) is 20.9. The number of aryl methyl sites for hydroxylation is 1. The smallest absolute Gasteiger partial charge is 0.263 e. The van der Waals surface area contributed by atoms with E-state index in [9.17, 15) is 13.2 Å². The monoisotopic (exact) mass is 365 g/mol. The van der Waals surface area contributed by atoms with Crippen LogP contribution in [0, 0.1) is 0 Å². The van der Waals surface area contributed by atoms with Crippen LogP contribution in [-0.4, -0.2) is 52.8 Å². The Kier molecular flexibility index (Phi) is 4.45. The van der Waals surface area contributed by atoms with E-state index in [0.717, 1.165) is 6.42 Å². The van der Waals surface area contributed by atoms with E-state index in [0.29, 0.717) is 13.0 Å². The molecule has 0 aromatic carbocycles. The van der Waals surface area contributed by atoms with Crippen molar-refractivity contribution in [1.29, 1.82) is 0 Å². The van der Waals surface area contributed by atoms with Crippen LogP contribution < -0.4 is 5.32 Å². The molecule has 0 spiro atoms. The van der Waals surface area contributed by atoms with E-state index in [-0.39, 0.29) is 28.1 Å². The Morgan fingerprint density at radius 1 is 1.50 bits per heavy atom. The van der Waals surface area contributed by atoms with Gasteiger partial charge >= 0.3 is 0 Å². The standard InChI is InChI=1S/C10H16BrN5O3S/c1-7(17)12-8-4-3-5-16(6-8)20(18,19)10-9(11)13-14-15(10)2/h8H,3-6H2,1-2H3,(H,12,17). The van der Waals surface area contributed by atoms with Crippen molar-refractivity contribution < 1.29 is 13.2 Å². The molecule has 1 aliphatic rings. The maximum atomic E-state index is 12.6. The van der Waals surface area contributed by atoms with Crippen LogP contribution in [0.15, 0.2) is 9.63 Å². The van der Waals surface area contributed by atoms with Crippen LogP contribution in [0.3, 0.4) is 0 Å². The number of rotatable bonds is 3. The van der Waals surface area contributed by atoms with Gasteiger partial charge in [-0.15, -0.1) is 5.10 Å². The lowest BCUT2D eigenvalue weighted by molar-refractivity contribution is -0.119. The third kappa shape index (κ3) is 3.01. The fraction of sp³-hybridized carbons (Fsp3) is 0.700. The number of nitrogens with one attached hydrogen (secondary N) is 1. The topological polar surface area (TPSA) is 97.2 Å². The first-order chi connectivity index (χ1) is 9.32. The predicted molar refractivity (Wildman–Crippen MR) is 74.3 cm³/mol. The summed E-state index contributed by atoms with van der Waals surface area (Å²) in [6.07, 6.45) is 1.48. The number of amides is 1. The molecule has 0 aliphatic carbocycles. The van der Waals surface area contributed by atoms with Crippen molar-refractivity contribution in [3.63, 3.8) is 0 Å². The molecule has 1 N–H and O–H groups in total. The largest absolute Gasteiger partial charge is 0.352 e. The molecule has 2 heterocycles. The molecule has 0 saturated carbocycles. The highest BCUT2D eigenvalue weighted by Crippen LogP contribution is 2.24. The molecule has 0 bridgehead atoms. The first-order valence-corrected chi connectivity index (χ1v) is 8.38. The molecule has 1 unspecified atom stereocenters. The quantitative estimate of drug-likeness (QED) is 0.804. The molecule has 2 rings (SSSR count). The molecule has 1 saturated heterocycles. The van der Waals surface area contributed by atoms with Gasteiger partial charge in [-0.2, -0.15) is 4.31 Å². The molecule has 1 aliphatic heterocycles. The second kappa shape index (κ2) is 5.78. The molecule has 10 heteroatoms. The van der Waals surface area contributed by atoms with Gasteiger partial charge in [0, 0.05) is 33.1 Å². The van der Waals surface area contributed by atoms with Crippen LogP contribution in [-0.2, 0) is 21.9 Å². The van der Waals surface area contributed by atoms with E-state index >= 15 is 0 Å². The highest BCUT2D eigenvalue weighted by molar-refractivity contribution is 9.10. The number of piperidine rings is 1. The second-order valence-electron chi connectivity index (χ2n) is 4.71. The molecule has 8 nitrogen and oxygen atoms in total. The van der Waals surface area contributed by atoms with Gasteiger partial charge in [0.25, 0.3) is 10.0 Å². The minimum atomic E-state index is -3.68. The summed E-state index contributed by atoms with van der Waals surface area (Å²) in [5.41, 5.74) is 0. The lowest BCUT2D eigenvalue weighted by Gasteiger charge is -2.31. The van der Waals surface area contributed by atoms with Gasteiger partial charge in [-0.3, -0.25) is 4.79 Å². The van der Waals surface area contributed by atoms with Gasteiger partial charge in [-0.25, -0.2) is 13.1 Å². The Bertz CT molecular complexity index is 595. The SMILES string of the molecule is CC(=O)NC1CCCN(S(=O)(=O)c2c(Br)nnn2C)C1. The van der Waals surface area contributed by atoms with Gasteiger partial charge in [0.2, 0.25) is 10.9 Å². The fourth-order valence-electron chi connectivity index (χ4n) is 2.28. The number of hydrogen-bond donors (Lipinski definition) is 1. The molecule has 1 fully saturated rings. The van der Waals surface area contributed by atoms with Crippen LogP contribution in [0.1, 0.15) is 19.8 Å². The number of halogens is 1. The number of sulfonamides is 1. The van der Waals surface area contributed by atoms with Crippen molar-refractivity contribution in [2.75, 3.05) is 13.1 Å². The van der Waals surface area contributed by atoms with Crippen molar-refractivity contribution in [2.24, 2.45) is 7.05 Å². The van der Waals surface area contributed by atoms with E-state index in [4.69, 9.17) is 0 Å². The van der Waals surface area contributed by atoms with Gasteiger partial charge in [-0.1, -0.05) is 5.21 Å². The summed E-state index contributed by atoms with van der Waals surface area (Å²) in [7, 11) is -2.15. The van der Waals surface area contributed by atoms with Crippen molar-refractivity contribution in [2.45, 2.75) is 30.8 Å². The highest BCUT2D eigenvalue weighted by Gasteiger charge is 2.34. The summed E-state index contributed by atoms with van der Waals surface area (Å²) >= 11 is 3.10. The fourth-order valence-corrected chi connectivity index (χ4v) is 4.84. The van der Waals surface area contributed by atoms with Gasteiger partial charge < -0.3 is 5.32 Å². The first kappa shape index (κ1) is 15.4. The van der Waals surface area contributed by atoms with Crippen LogP contribution in [0.2, 0.25) is 0 Å². The molecule has 20 heavy (non-hydrogen) atoms. The van der Waals surface area contributed by atoms with Crippen LogP contribution in [0.25, 0.3) is 0 Å². The zero-order valence-corrected chi connectivity index (χ0v) is 13.6. The Morgan fingerprint density at radius 3 is 2.75 bits per heavy atom. The molecule has 1 atom stereocenters. The molecule has 1 aromatic rings. The van der Waals surface area contributed by atoms with Gasteiger partial charge in [-0.05, 0) is 28.8 Å². The molecular formula is C10H16BrN5O3S. The summed E-state index contributed by atoms with van der Waals surface area (Å²) in [5, 5.41) is 10.2. The van der Waals surface area contributed by atoms with Crippen molar-refractivity contribution in [3.8, 4) is 0 Å². The third-order valence-corrected chi connectivity index (χ3v) is 5.87. The van der Waals surface area contributed by atoms with Gasteiger partial charge in [0.1, 0.15) is 0 Å². The Morgan fingerprint density at radius 2 is 2.20 bits per heavy atom. The zero-order chi connectivity index (χ0) is 14.9. The Balaban J connectivity index is 2.24. The maximum Gasteiger partial charge on any atom is 0.263 e. The highest BCUT2D eigenvalue weighted by atomic mass is 79.9. The minimum absolute atomic E-state index is 0.0287. The van der Waals surface area contributed by atoms with Crippen molar-refractivity contribution in [1.82, 2.24) is 24.6 Å². The average Bonchev–Trinajstić information content (AvgIpc) is 2.69. The maximum absolute atomic E-state index is 12.6. The van der Waals surface area contributed by atoms with Crippen molar-refractivity contribution in [3.05, 3.63) is 4.60 Å². The molecular weight excluding hydrogens is 350 g/mol. The molecule has 1 amide bonds. The van der Waals surface area contributed by atoms with E-state index < -0.39 is 10.0 Å². The summed E-state index contributed by atoms with van der Waals surface area (Å²) in [6, 6.07) is -0.156. The van der Waals surface area contributed by atoms with Gasteiger partial charge in [0.15, 0.2) is 4.60 Å². The Labute approximate surface area is 125 Å². The van der Waals surface area contributed by atoms with E-state index in [1.807, 2.05) is 0 Å². The lowest BCUT2D eigenvalue weighted by Crippen LogP contribution is -2.49. The lowest BCUT2D eigenvalue weighted by atomic mass is 10.1. The summed E-state index contributed by atoms with van der Waals surface area (Å²) in [5.74, 6) is -0.155.